The fraction of sp³-hybridized carbons (Fsp3) is 0.250. The number of hydrogen-bond donors (Lipinski definition) is 2. The molecule has 0 aliphatic carbocycles. The van der Waals surface area contributed by atoms with E-state index in [2.05, 4.69) is 0 Å². The molecule has 0 aliphatic heterocycles. The normalized spacial score (nSPS) is 14.0. The molecule has 1 aromatic rings. The lowest BCUT2D eigenvalue weighted by molar-refractivity contribution is 0.584. The molecule has 0 fully saturated rings. The molecule has 0 spiro atoms. The Bertz CT molecular complexity index is 361. The first-order valence-corrected chi connectivity index (χ1v) is 5.43. The van der Waals surface area contributed by atoms with Crippen LogP contribution in [0.15, 0.2) is 30.3 Å². The van der Waals surface area contributed by atoms with E-state index in [1.165, 1.54) is 0 Å². The van der Waals surface area contributed by atoms with Crippen LogP contribution in [-0.2, 0) is 10.0 Å². The van der Waals surface area contributed by atoms with Crippen molar-refractivity contribution in [2.24, 2.45) is 10.9 Å². The Labute approximate surface area is 77.6 Å². The van der Waals surface area contributed by atoms with Gasteiger partial charge >= 0.3 is 0 Å². The highest BCUT2D eigenvalue weighted by Crippen LogP contribution is 2.17. The maximum absolute atomic E-state index is 11.1. The summed E-state index contributed by atoms with van der Waals surface area (Å²) in [5.41, 5.74) is 5.96. The van der Waals surface area contributed by atoms with Gasteiger partial charge in [-0.3, -0.25) is 0 Å². The van der Waals surface area contributed by atoms with Gasteiger partial charge in [-0.25, -0.2) is 13.6 Å². The molecule has 1 aromatic carbocycles. The SMILES string of the molecule is NCC(c1ccccc1)S(N)(=O)=O. The summed E-state index contributed by atoms with van der Waals surface area (Å²) in [5, 5.41) is 4.22. The Morgan fingerprint density at radius 2 is 1.77 bits per heavy atom. The molecule has 0 saturated heterocycles. The van der Waals surface area contributed by atoms with Crippen LogP contribution in [0.1, 0.15) is 10.8 Å². The van der Waals surface area contributed by atoms with Crippen molar-refractivity contribution in [1.29, 1.82) is 0 Å². The van der Waals surface area contributed by atoms with Crippen molar-refractivity contribution in [3.05, 3.63) is 35.9 Å². The minimum Gasteiger partial charge on any atom is -0.329 e. The number of primary sulfonamides is 1. The molecular weight excluding hydrogens is 188 g/mol. The number of benzene rings is 1. The summed E-state index contributed by atoms with van der Waals surface area (Å²) in [6, 6.07) is 8.70. The van der Waals surface area contributed by atoms with Crippen LogP contribution in [-0.4, -0.2) is 15.0 Å². The van der Waals surface area contributed by atoms with Gasteiger partial charge in [-0.2, -0.15) is 0 Å². The van der Waals surface area contributed by atoms with Gasteiger partial charge in [0, 0.05) is 6.54 Å². The molecule has 4 nitrogen and oxygen atoms in total. The van der Waals surface area contributed by atoms with Crippen molar-refractivity contribution in [2.45, 2.75) is 5.25 Å². The van der Waals surface area contributed by atoms with E-state index in [9.17, 15) is 8.42 Å². The smallest absolute Gasteiger partial charge is 0.217 e. The quantitative estimate of drug-likeness (QED) is 0.718. The molecule has 1 unspecified atom stereocenters. The van der Waals surface area contributed by atoms with Crippen molar-refractivity contribution in [1.82, 2.24) is 0 Å². The summed E-state index contributed by atoms with van der Waals surface area (Å²) in [5.74, 6) is 0. The molecule has 13 heavy (non-hydrogen) atoms. The van der Waals surface area contributed by atoms with E-state index < -0.39 is 15.3 Å². The van der Waals surface area contributed by atoms with Gasteiger partial charge < -0.3 is 5.73 Å². The van der Waals surface area contributed by atoms with Crippen LogP contribution in [0.5, 0.6) is 0 Å². The molecule has 0 bridgehead atoms. The van der Waals surface area contributed by atoms with Crippen molar-refractivity contribution in [2.75, 3.05) is 6.54 Å². The van der Waals surface area contributed by atoms with Crippen molar-refractivity contribution < 1.29 is 8.42 Å². The molecule has 1 atom stereocenters. The molecule has 0 heterocycles. The Kier molecular flexibility index (Phi) is 3.02. The lowest BCUT2D eigenvalue weighted by atomic mass is 10.1. The molecule has 1 rings (SSSR count). The van der Waals surface area contributed by atoms with Crippen LogP contribution < -0.4 is 10.9 Å². The number of hydrogen-bond acceptors (Lipinski definition) is 3. The van der Waals surface area contributed by atoms with Crippen LogP contribution in [0.25, 0.3) is 0 Å². The van der Waals surface area contributed by atoms with Crippen LogP contribution in [0.3, 0.4) is 0 Å². The highest BCUT2D eigenvalue weighted by Gasteiger charge is 2.20. The summed E-state index contributed by atoms with van der Waals surface area (Å²) < 4.78 is 22.1. The summed E-state index contributed by atoms with van der Waals surface area (Å²) in [4.78, 5) is 0. The number of nitrogens with two attached hydrogens (primary N) is 2. The highest BCUT2D eigenvalue weighted by molar-refractivity contribution is 7.89. The topological polar surface area (TPSA) is 86.2 Å². The molecule has 0 amide bonds. The second-order valence-electron chi connectivity index (χ2n) is 2.72. The summed E-state index contributed by atoms with van der Waals surface area (Å²) in [7, 11) is -3.59. The monoisotopic (exact) mass is 200 g/mol. The lowest BCUT2D eigenvalue weighted by Crippen LogP contribution is -2.27. The van der Waals surface area contributed by atoms with Gasteiger partial charge in [-0.15, -0.1) is 0 Å². The third-order valence-corrected chi connectivity index (χ3v) is 3.04. The second kappa shape index (κ2) is 3.87. The minimum atomic E-state index is -3.59. The van der Waals surface area contributed by atoms with E-state index in [1.807, 2.05) is 0 Å². The van der Waals surface area contributed by atoms with Crippen LogP contribution >= 0.6 is 0 Å². The number of rotatable bonds is 3. The Hall–Kier alpha value is -0.910. The van der Waals surface area contributed by atoms with Crippen LogP contribution in [0, 0.1) is 0 Å². The minimum absolute atomic E-state index is 0.00282. The van der Waals surface area contributed by atoms with Gasteiger partial charge in [0.2, 0.25) is 10.0 Å². The van der Waals surface area contributed by atoms with Crippen LogP contribution in [0.2, 0.25) is 0 Å². The second-order valence-corrected chi connectivity index (χ2v) is 4.47. The maximum atomic E-state index is 11.1. The molecular formula is C8H12N2O2S. The first kappa shape index (κ1) is 10.2. The fourth-order valence-corrected chi connectivity index (χ4v) is 1.93. The van der Waals surface area contributed by atoms with Crippen LogP contribution in [0.4, 0.5) is 0 Å². The molecule has 0 aliphatic rings. The Balaban J connectivity index is 3.06. The Morgan fingerprint density at radius 3 is 2.15 bits per heavy atom. The molecule has 0 aromatic heterocycles. The van der Waals surface area contributed by atoms with Gasteiger partial charge in [0.25, 0.3) is 0 Å². The van der Waals surface area contributed by atoms with Crippen molar-refractivity contribution in [3.63, 3.8) is 0 Å². The predicted octanol–water partition coefficient (Wildman–Crippen LogP) is -0.0251. The first-order chi connectivity index (χ1) is 6.05. The van der Waals surface area contributed by atoms with E-state index in [4.69, 9.17) is 10.9 Å². The molecule has 5 heteroatoms. The van der Waals surface area contributed by atoms with Gasteiger partial charge in [-0.05, 0) is 5.56 Å². The van der Waals surface area contributed by atoms with E-state index in [0.29, 0.717) is 5.56 Å². The maximum Gasteiger partial charge on any atom is 0.217 e. The van der Waals surface area contributed by atoms with Gasteiger partial charge in [0.1, 0.15) is 5.25 Å². The summed E-state index contributed by atoms with van der Waals surface area (Å²) in [6.07, 6.45) is 0. The predicted molar refractivity (Wildman–Crippen MR) is 51.3 cm³/mol. The van der Waals surface area contributed by atoms with E-state index in [1.54, 1.807) is 30.3 Å². The average molecular weight is 200 g/mol. The zero-order valence-electron chi connectivity index (χ0n) is 7.05. The summed E-state index contributed by atoms with van der Waals surface area (Å²) >= 11 is 0. The standard InChI is InChI=1S/C8H12N2O2S/c9-6-8(13(10,11)12)7-4-2-1-3-5-7/h1-5,8H,6,9H2,(H2,10,11,12). The Morgan fingerprint density at radius 1 is 1.23 bits per heavy atom. The third-order valence-electron chi connectivity index (χ3n) is 1.78. The third kappa shape index (κ3) is 2.51. The zero-order valence-corrected chi connectivity index (χ0v) is 7.87. The van der Waals surface area contributed by atoms with E-state index in [0.717, 1.165) is 0 Å². The number of sulfonamides is 1. The lowest BCUT2D eigenvalue weighted by Gasteiger charge is -2.11. The molecule has 0 saturated carbocycles. The highest BCUT2D eigenvalue weighted by atomic mass is 32.2. The van der Waals surface area contributed by atoms with Crippen molar-refractivity contribution >= 4 is 10.0 Å². The van der Waals surface area contributed by atoms with E-state index in [-0.39, 0.29) is 6.54 Å². The van der Waals surface area contributed by atoms with Crippen molar-refractivity contribution in [3.8, 4) is 0 Å². The van der Waals surface area contributed by atoms with Gasteiger partial charge in [-0.1, -0.05) is 30.3 Å². The first-order valence-electron chi connectivity index (χ1n) is 3.82. The molecule has 72 valence electrons. The average Bonchev–Trinajstić information content (AvgIpc) is 2.05. The van der Waals surface area contributed by atoms with Gasteiger partial charge in [0.05, 0.1) is 0 Å². The summed E-state index contributed by atoms with van der Waals surface area (Å²) in [6.45, 7) is 0.00282. The molecule has 0 radical (unpaired) electrons. The van der Waals surface area contributed by atoms with Gasteiger partial charge in [0.15, 0.2) is 0 Å². The fourth-order valence-electron chi connectivity index (χ4n) is 1.13. The largest absolute Gasteiger partial charge is 0.329 e. The molecule has 4 N–H and O–H groups in total. The zero-order chi connectivity index (χ0) is 9.90. The van der Waals surface area contributed by atoms with E-state index >= 15 is 0 Å².